The molecule has 0 unspecified atom stereocenters. The number of carbonyl (C=O) groups is 1. The molecule has 1 amide bonds. The lowest BCUT2D eigenvalue weighted by molar-refractivity contribution is -0.134. The number of nitrogens with two attached hydrogens (primary N) is 1. The average molecular weight is 458 g/mol. The Morgan fingerprint density at radius 3 is 2.71 bits per heavy atom. The fraction of sp³-hybridized carbons (Fsp3) is 0.370. The van der Waals surface area contributed by atoms with Crippen molar-refractivity contribution in [3.8, 4) is 11.1 Å². The first kappa shape index (κ1) is 22.3. The number of aliphatic hydroxyl groups excluding tert-OH is 1. The number of piperazine rings is 1. The topological polar surface area (TPSA) is 95.6 Å². The second-order valence-corrected chi connectivity index (χ2v) is 9.28. The molecule has 0 spiro atoms. The van der Waals surface area contributed by atoms with Gasteiger partial charge in [0, 0.05) is 49.0 Å². The molecule has 2 fully saturated rings. The normalized spacial score (nSPS) is 18.4. The van der Waals surface area contributed by atoms with Gasteiger partial charge in [-0.15, -0.1) is 0 Å². The Morgan fingerprint density at radius 2 is 2.00 bits per heavy atom. The zero-order chi connectivity index (χ0) is 23.8. The van der Waals surface area contributed by atoms with Crippen molar-refractivity contribution in [3.63, 3.8) is 0 Å². The van der Waals surface area contributed by atoms with E-state index in [1.54, 1.807) is 6.08 Å². The van der Waals surface area contributed by atoms with Crippen LogP contribution in [0, 0.1) is 0 Å². The van der Waals surface area contributed by atoms with Crippen molar-refractivity contribution < 1.29 is 9.90 Å². The number of para-hydroxylation sites is 1. The second-order valence-electron chi connectivity index (χ2n) is 9.28. The summed E-state index contributed by atoms with van der Waals surface area (Å²) in [5.74, 6) is 1.22. The van der Waals surface area contributed by atoms with Crippen LogP contribution in [-0.2, 0) is 4.79 Å². The van der Waals surface area contributed by atoms with E-state index in [1.807, 2.05) is 30.0 Å². The first-order valence-electron chi connectivity index (χ1n) is 12.0. The Morgan fingerprint density at radius 1 is 1.21 bits per heavy atom. The van der Waals surface area contributed by atoms with Crippen LogP contribution in [0.1, 0.15) is 43.5 Å². The largest absolute Gasteiger partial charge is 0.396 e. The maximum atomic E-state index is 12.3. The third-order valence-electron chi connectivity index (χ3n) is 6.83. The van der Waals surface area contributed by atoms with Crippen molar-refractivity contribution in [2.75, 3.05) is 36.9 Å². The highest BCUT2D eigenvalue weighted by molar-refractivity contribution is 5.97. The van der Waals surface area contributed by atoms with Crippen LogP contribution in [0.4, 0.5) is 11.5 Å². The molecule has 1 saturated carbocycles. The molecule has 5 rings (SSSR count). The van der Waals surface area contributed by atoms with E-state index < -0.39 is 0 Å². The minimum absolute atomic E-state index is 0.00723. The summed E-state index contributed by atoms with van der Waals surface area (Å²) in [7, 11) is 0. The van der Waals surface area contributed by atoms with Crippen LogP contribution in [-0.4, -0.2) is 58.2 Å². The van der Waals surface area contributed by atoms with Crippen LogP contribution >= 0.6 is 0 Å². The number of carbonyl (C=O) groups excluding carboxylic acids is 1. The van der Waals surface area contributed by atoms with E-state index in [4.69, 9.17) is 20.8 Å². The van der Waals surface area contributed by atoms with E-state index in [0.29, 0.717) is 31.2 Å². The summed E-state index contributed by atoms with van der Waals surface area (Å²) >= 11 is 0. The molecule has 1 saturated heterocycles. The summed E-state index contributed by atoms with van der Waals surface area (Å²) in [5.41, 5.74) is 12.3. The molecule has 2 aromatic heterocycles. The van der Waals surface area contributed by atoms with Crippen molar-refractivity contribution in [1.82, 2.24) is 14.9 Å². The van der Waals surface area contributed by atoms with Gasteiger partial charge in [0.05, 0.1) is 29.2 Å². The minimum atomic E-state index is -0.121. The Balaban J connectivity index is 1.54. The van der Waals surface area contributed by atoms with Crippen LogP contribution in [0.5, 0.6) is 0 Å². The average Bonchev–Trinajstić information content (AvgIpc) is 3.68. The Labute approximate surface area is 199 Å². The number of hydrogen-bond acceptors (Lipinski definition) is 6. The number of benzene rings is 1. The first-order valence-corrected chi connectivity index (χ1v) is 12.0. The second kappa shape index (κ2) is 9.06. The molecule has 176 valence electrons. The van der Waals surface area contributed by atoms with Crippen molar-refractivity contribution in [3.05, 3.63) is 54.4 Å². The highest BCUT2D eigenvalue weighted by Gasteiger charge is 2.33. The highest BCUT2D eigenvalue weighted by Crippen LogP contribution is 2.46. The lowest BCUT2D eigenvalue weighted by atomic mass is 9.96. The zero-order valence-electron chi connectivity index (χ0n) is 19.6. The van der Waals surface area contributed by atoms with Crippen LogP contribution in [0.25, 0.3) is 28.1 Å². The standard InChI is InChI=1S/C27H31N5O2/c1-3-19-14-21(20-6-4-5-7-24(20)29-19)22-15-23(28)27(30-26(22)18-8-9-18)31-11-12-32(17(2)16-31)25(34)10-13-33/h3-7,14-15,17-18,33H,1,8-13,16,28H2,2H3/t17-/m1/s1. The van der Waals surface area contributed by atoms with Gasteiger partial charge >= 0.3 is 0 Å². The van der Waals surface area contributed by atoms with Gasteiger partial charge in [0.1, 0.15) is 0 Å². The maximum Gasteiger partial charge on any atom is 0.225 e. The van der Waals surface area contributed by atoms with E-state index in [1.165, 1.54) is 0 Å². The van der Waals surface area contributed by atoms with Crippen LogP contribution < -0.4 is 10.6 Å². The van der Waals surface area contributed by atoms with Gasteiger partial charge < -0.3 is 20.6 Å². The lowest BCUT2D eigenvalue weighted by Crippen LogP contribution is -2.54. The Bertz CT molecular complexity index is 1250. The van der Waals surface area contributed by atoms with Crippen molar-refractivity contribution >= 4 is 34.4 Å². The summed E-state index contributed by atoms with van der Waals surface area (Å²) in [6.45, 7) is 7.76. The number of aromatic nitrogens is 2. The lowest BCUT2D eigenvalue weighted by Gasteiger charge is -2.41. The molecule has 1 aliphatic heterocycles. The Kier molecular flexibility index (Phi) is 5.96. The fourth-order valence-corrected chi connectivity index (χ4v) is 4.95. The van der Waals surface area contributed by atoms with Gasteiger partial charge in [-0.25, -0.2) is 9.97 Å². The number of anilines is 2. The molecule has 0 bridgehead atoms. The van der Waals surface area contributed by atoms with Gasteiger partial charge in [0.25, 0.3) is 0 Å². The van der Waals surface area contributed by atoms with Crippen LogP contribution in [0.2, 0.25) is 0 Å². The smallest absolute Gasteiger partial charge is 0.225 e. The Hall–Kier alpha value is -3.45. The third kappa shape index (κ3) is 4.12. The molecular weight excluding hydrogens is 426 g/mol. The molecule has 1 atom stereocenters. The monoisotopic (exact) mass is 457 g/mol. The number of rotatable bonds is 6. The molecule has 2 aliphatic rings. The SMILES string of the molecule is C=Cc1cc(-c2cc(N)c(N3CCN(C(=O)CCO)[C@H](C)C3)nc2C2CC2)c2ccccc2n1. The van der Waals surface area contributed by atoms with E-state index in [-0.39, 0.29) is 25.0 Å². The molecule has 3 N–H and O–H groups in total. The number of aliphatic hydroxyl groups is 1. The van der Waals surface area contributed by atoms with Gasteiger partial charge in [-0.1, -0.05) is 24.8 Å². The molecule has 0 radical (unpaired) electrons. The molecule has 3 heterocycles. The number of hydrogen-bond donors (Lipinski definition) is 2. The van der Waals surface area contributed by atoms with Crippen molar-refractivity contribution in [2.45, 2.75) is 38.1 Å². The molecule has 1 aliphatic carbocycles. The van der Waals surface area contributed by atoms with Crippen LogP contribution in [0.15, 0.2) is 43.0 Å². The molecule has 3 aromatic rings. The molecule has 34 heavy (non-hydrogen) atoms. The molecule has 7 nitrogen and oxygen atoms in total. The maximum absolute atomic E-state index is 12.3. The van der Waals surface area contributed by atoms with Gasteiger partial charge in [-0.3, -0.25) is 4.79 Å². The summed E-state index contributed by atoms with van der Waals surface area (Å²) in [6.07, 6.45) is 4.19. The van der Waals surface area contributed by atoms with Crippen LogP contribution in [0.3, 0.4) is 0 Å². The summed E-state index contributed by atoms with van der Waals surface area (Å²) in [6, 6.07) is 12.3. The summed E-state index contributed by atoms with van der Waals surface area (Å²) < 4.78 is 0. The molecular formula is C27H31N5O2. The number of nitrogen functional groups attached to an aromatic ring is 1. The number of pyridine rings is 2. The van der Waals surface area contributed by atoms with Gasteiger partial charge in [-0.05, 0) is 49.6 Å². The minimum Gasteiger partial charge on any atom is -0.396 e. The highest BCUT2D eigenvalue weighted by atomic mass is 16.3. The molecule has 7 heteroatoms. The predicted molar refractivity (Wildman–Crippen MR) is 137 cm³/mol. The fourth-order valence-electron chi connectivity index (χ4n) is 4.95. The molecule has 1 aromatic carbocycles. The summed E-state index contributed by atoms with van der Waals surface area (Å²) in [5, 5.41) is 10.2. The van der Waals surface area contributed by atoms with Gasteiger partial charge in [0.15, 0.2) is 5.82 Å². The summed E-state index contributed by atoms with van der Waals surface area (Å²) in [4.78, 5) is 26.2. The van der Waals surface area contributed by atoms with Crippen molar-refractivity contribution in [1.29, 1.82) is 0 Å². The van der Waals surface area contributed by atoms with E-state index in [9.17, 15) is 4.79 Å². The van der Waals surface area contributed by atoms with E-state index in [2.05, 4.69) is 29.7 Å². The van der Waals surface area contributed by atoms with Gasteiger partial charge in [-0.2, -0.15) is 0 Å². The zero-order valence-corrected chi connectivity index (χ0v) is 19.6. The number of nitrogens with zero attached hydrogens (tertiary/aromatic N) is 4. The first-order chi connectivity index (χ1) is 16.5. The third-order valence-corrected chi connectivity index (χ3v) is 6.83. The van der Waals surface area contributed by atoms with Crippen molar-refractivity contribution in [2.24, 2.45) is 0 Å². The van der Waals surface area contributed by atoms with E-state index >= 15 is 0 Å². The van der Waals surface area contributed by atoms with E-state index in [0.717, 1.165) is 52.1 Å². The number of fused-ring (bicyclic) bond motifs is 1. The quantitative estimate of drug-likeness (QED) is 0.584. The van der Waals surface area contributed by atoms with Gasteiger partial charge in [0.2, 0.25) is 5.91 Å². The predicted octanol–water partition coefficient (Wildman–Crippen LogP) is 3.82. The number of amides is 1.